The predicted molar refractivity (Wildman–Crippen MR) is 123 cm³/mol. The summed E-state index contributed by atoms with van der Waals surface area (Å²) in [5.41, 5.74) is 0. The summed E-state index contributed by atoms with van der Waals surface area (Å²) < 4.78 is 0. The SMILES string of the molecule is C#CC#CC#C[CH-]CC(=O)NC.CCC(C)=O.CNC(C)=O.CNC(C)=O.CNC=O. The number of Topliss-reactive ketones (excluding diaryl/α,β-unsaturated/α-hetero) is 1. The minimum atomic E-state index is -0.0748. The number of nitrogens with one attached hydrogen (secondary N) is 4. The molecule has 0 atom stereocenters. The lowest BCUT2D eigenvalue weighted by molar-refractivity contribution is -0.120. The highest BCUT2D eigenvalue weighted by molar-refractivity contribution is 5.77. The van der Waals surface area contributed by atoms with E-state index in [-0.39, 0.29) is 29.9 Å². The van der Waals surface area contributed by atoms with Gasteiger partial charge >= 0.3 is 0 Å². The number of carbonyl (C=O) groups is 5. The van der Waals surface area contributed by atoms with Gasteiger partial charge < -0.3 is 26.1 Å². The predicted octanol–water partition coefficient (Wildman–Crippen LogP) is -0.181. The van der Waals surface area contributed by atoms with Crippen LogP contribution in [-0.4, -0.2) is 58.1 Å². The van der Waals surface area contributed by atoms with E-state index < -0.39 is 0 Å². The molecule has 0 aliphatic carbocycles. The van der Waals surface area contributed by atoms with Crippen LogP contribution in [0.1, 0.15) is 40.5 Å². The first-order valence-electron chi connectivity index (χ1n) is 8.99. The van der Waals surface area contributed by atoms with Crippen LogP contribution in [0.5, 0.6) is 0 Å². The highest BCUT2D eigenvalue weighted by Crippen LogP contribution is 1.82. The first kappa shape index (κ1) is 37.8. The van der Waals surface area contributed by atoms with Crippen molar-refractivity contribution in [1.82, 2.24) is 21.3 Å². The van der Waals surface area contributed by atoms with Crippen molar-refractivity contribution in [2.75, 3.05) is 28.2 Å². The van der Waals surface area contributed by atoms with Gasteiger partial charge in [-0.25, -0.2) is 5.92 Å². The maximum absolute atomic E-state index is 10.6. The van der Waals surface area contributed by atoms with Gasteiger partial charge in [-0.3, -0.25) is 25.1 Å². The lowest BCUT2D eigenvalue weighted by Gasteiger charge is -1.97. The Bertz CT molecular complexity index is 626. The molecule has 9 nitrogen and oxygen atoms in total. The van der Waals surface area contributed by atoms with Gasteiger partial charge in [-0.1, -0.05) is 6.92 Å². The molecule has 0 aliphatic rings. The van der Waals surface area contributed by atoms with E-state index in [1.54, 1.807) is 35.1 Å². The summed E-state index contributed by atoms with van der Waals surface area (Å²) in [6.07, 6.45) is 7.95. The Labute approximate surface area is 186 Å². The topological polar surface area (TPSA) is 133 Å². The average Bonchev–Trinajstić information content (AvgIpc) is 2.77. The zero-order chi connectivity index (χ0) is 25.5. The van der Waals surface area contributed by atoms with Crippen LogP contribution in [0.15, 0.2) is 0 Å². The molecule has 0 saturated carbocycles. The van der Waals surface area contributed by atoms with Crippen LogP contribution in [0.2, 0.25) is 0 Å². The molecule has 0 radical (unpaired) electrons. The molecule has 4 amide bonds. The third-order valence-electron chi connectivity index (χ3n) is 2.26. The number of rotatable bonds is 4. The maximum Gasteiger partial charge on any atom is 0.216 e. The van der Waals surface area contributed by atoms with Crippen molar-refractivity contribution in [2.24, 2.45) is 0 Å². The third kappa shape index (κ3) is 88.3. The summed E-state index contributed by atoms with van der Waals surface area (Å²) in [7, 11) is 6.33. The fraction of sp³-hybridized carbons (Fsp3) is 0.455. The lowest BCUT2D eigenvalue weighted by Crippen LogP contribution is -2.16. The summed E-state index contributed by atoms with van der Waals surface area (Å²) in [4.78, 5) is 48.9. The van der Waals surface area contributed by atoms with E-state index in [2.05, 4.69) is 50.9 Å². The highest BCUT2D eigenvalue weighted by atomic mass is 16.2. The Morgan fingerprint density at radius 2 is 1.26 bits per heavy atom. The van der Waals surface area contributed by atoms with E-state index >= 15 is 0 Å². The Kier molecular flexibility index (Phi) is 45.0. The Hall–Kier alpha value is -3.90. The molecule has 0 spiro atoms. The molecule has 0 aliphatic heterocycles. The zero-order valence-corrected chi connectivity index (χ0v) is 19.7. The maximum atomic E-state index is 10.6. The van der Waals surface area contributed by atoms with Crippen LogP contribution in [-0.2, 0) is 24.0 Å². The summed E-state index contributed by atoms with van der Waals surface area (Å²) >= 11 is 0. The smallest absolute Gasteiger partial charge is 0.216 e. The van der Waals surface area contributed by atoms with Gasteiger partial charge in [-0.2, -0.15) is 6.42 Å². The van der Waals surface area contributed by atoms with Gasteiger partial charge in [0.15, 0.2) is 0 Å². The summed E-state index contributed by atoms with van der Waals surface area (Å²) in [6, 6.07) is 0. The van der Waals surface area contributed by atoms with Crippen molar-refractivity contribution in [3.05, 3.63) is 6.42 Å². The van der Waals surface area contributed by atoms with Crippen LogP contribution in [0.3, 0.4) is 0 Å². The molecule has 0 aromatic carbocycles. The highest BCUT2D eigenvalue weighted by Gasteiger charge is 1.86. The molecular formula is C22H35N4O5-. The molecule has 31 heavy (non-hydrogen) atoms. The normalized spacial score (nSPS) is 6.42. The van der Waals surface area contributed by atoms with Gasteiger partial charge in [-0.15, -0.1) is 12.3 Å². The van der Waals surface area contributed by atoms with Gasteiger partial charge in [0.2, 0.25) is 24.1 Å². The molecule has 9 heteroatoms. The second-order valence-corrected chi connectivity index (χ2v) is 4.82. The Morgan fingerprint density at radius 1 is 0.871 bits per heavy atom. The van der Waals surface area contributed by atoms with Gasteiger partial charge in [0.25, 0.3) is 0 Å². The first-order valence-corrected chi connectivity index (χ1v) is 8.99. The van der Waals surface area contributed by atoms with Gasteiger partial charge in [0.1, 0.15) is 5.78 Å². The van der Waals surface area contributed by atoms with Crippen LogP contribution in [0, 0.1) is 42.4 Å². The molecule has 174 valence electrons. The standard InChI is InChI=1S/C10H8NO.C4H8O.2C3H7NO.C2H5NO/c1-3-4-5-6-7-8-9-10(12)11-2;1-3-4(2)5;2*1-3(5)4-2;1-3-2-4/h1,8H,9H2,2H3,(H,11,12);3H2,1-2H3;2*1-2H3,(H,4,5);2H,1H3,(H,3,4)/q-1;;;;. The third-order valence-corrected chi connectivity index (χ3v) is 2.26. The van der Waals surface area contributed by atoms with Crippen LogP contribution in [0.4, 0.5) is 0 Å². The molecule has 0 unspecified atom stereocenters. The molecule has 0 bridgehead atoms. The molecule has 4 N–H and O–H groups in total. The fourth-order valence-corrected chi connectivity index (χ4v) is 0.400. The number of amides is 4. The summed E-state index contributed by atoms with van der Waals surface area (Å²) in [6.45, 7) is 6.38. The van der Waals surface area contributed by atoms with E-state index in [0.717, 1.165) is 0 Å². The molecule has 0 rings (SSSR count). The molecule has 0 aromatic heterocycles. The molecule has 0 heterocycles. The fourth-order valence-electron chi connectivity index (χ4n) is 0.400. The average molecular weight is 436 g/mol. The zero-order valence-electron chi connectivity index (χ0n) is 19.7. The lowest BCUT2D eigenvalue weighted by atomic mass is 10.3. The van der Waals surface area contributed by atoms with Gasteiger partial charge in [-0.05, 0) is 25.2 Å². The number of carbonyl (C=O) groups excluding carboxylic acids is 5. The quantitative estimate of drug-likeness (QED) is 0.276. The second-order valence-electron chi connectivity index (χ2n) is 4.82. The van der Waals surface area contributed by atoms with E-state index in [9.17, 15) is 19.2 Å². The number of hydrogen-bond donors (Lipinski definition) is 4. The molecule has 0 aromatic rings. The van der Waals surface area contributed by atoms with Crippen LogP contribution in [0.25, 0.3) is 0 Å². The summed E-state index contributed by atoms with van der Waals surface area (Å²) in [5.74, 6) is 12.1. The number of ketones is 1. The van der Waals surface area contributed by atoms with Crippen molar-refractivity contribution in [2.45, 2.75) is 40.5 Å². The largest absolute Gasteiger partial charge is 0.362 e. The van der Waals surface area contributed by atoms with Gasteiger partial charge in [0, 0.05) is 48.5 Å². The first-order chi connectivity index (χ1) is 14.5. The Balaban J connectivity index is -0.0000000998. The van der Waals surface area contributed by atoms with Crippen molar-refractivity contribution in [3.63, 3.8) is 0 Å². The minimum absolute atomic E-state index is 0.00463. The second kappa shape index (κ2) is 36.9. The van der Waals surface area contributed by atoms with E-state index in [4.69, 9.17) is 11.2 Å². The molecule has 0 saturated heterocycles. The summed E-state index contributed by atoms with van der Waals surface area (Å²) in [5, 5.41) is 9.49. The van der Waals surface area contributed by atoms with Crippen molar-refractivity contribution < 1.29 is 24.0 Å². The Morgan fingerprint density at radius 3 is 1.48 bits per heavy atom. The van der Waals surface area contributed by atoms with Crippen LogP contribution >= 0.6 is 0 Å². The molecule has 0 fully saturated rings. The van der Waals surface area contributed by atoms with Gasteiger partial charge in [0.05, 0.1) is 0 Å². The number of terminal acetylenes is 1. The van der Waals surface area contributed by atoms with Crippen molar-refractivity contribution >= 4 is 29.9 Å². The van der Waals surface area contributed by atoms with Crippen molar-refractivity contribution in [1.29, 1.82) is 0 Å². The number of hydrogen-bond acceptors (Lipinski definition) is 5. The van der Waals surface area contributed by atoms with E-state index in [1.165, 1.54) is 20.3 Å². The monoisotopic (exact) mass is 435 g/mol. The van der Waals surface area contributed by atoms with Crippen LogP contribution < -0.4 is 21.3 Å². The van der Waals surface area contributed by atoms with E-state index in [0.29, 0.717) is 12.8 Å². The van der Waals surface area contributed by atoms with E-state index in [1.807, 2.05) is 6.92 Å². The van der Waals surface area contributed by atoms with Crippen molar-refractivity contribution in [3.8, 4) is 36.0 Å². The minimum Gasteiger partial charge on any atom is -0.362 e. The molecular weight excluding hydrogens is 400 g/mol.